The van der Waals surface area contributed by atoms with Crippen LogP contribution < -0.4 is 16.0 Å². The minimum Gasteiger partial charge on any atom is -0.383 e. The van der Waals surface area contributed by atoms with Crippen LogP contribution in [0.1, 0.15) is 10.4 Å². The summed E-state index contributed by atoms with van der Waals surface area (Å²) in [5, 5.41) is 19.2. The monoisotopic (exact) mass is 372 g/mol. The molecule has 0 saturated carbocycles. The van der Waals surface area contributed by atoms with E-state index in [1.165, 1.54) is 23.9 Å². The fourth-order valence-corrected chi connectivity index (χ4v) is 3.20. The van der Waals surface area contributed by atoms with Crippen LogP contribution in [0.4, 0.5) is 17.1 Å². The number of anilines is 2. The van der Waals surface area contributed by atoms with E-state index >= 15 is 0 Å². The number of hydrogen-bond donors (Lipinski definition) is 3. The third-order valence-corrected chi connectivity index (χ3v) is 4.77. The summed E-state index contributed by atoms with van der Waals surface area (Å²) < 4.78 is 0. The topological polar surface area (TPSA) is 113 Å². The Kier molecular flexibility index (Phi) is 5.37. The van der Waals surface area contributed by atoms with Crippen LogP contribution in [-0.2, 0) is 4.79 Å². The van der Waals surface area contributed by atoms with Crippen LogP contribution in [-0.4, -0.2) is 35.6 Å². The second kappa shape index (κ2) is 7.87. The van der Waals surface area contributed by atoms with Crippen LogP contribution in [0.3, 0.4) is 0 Å². The molecule has 0 aromatic heterocycles. The lowest BCUT2D eigenvalue weighted by Gasteiger charge is -2.17. The lowest BCUT2D eigenvalue weighted by atomic mass is 10.2. The Morgan fingerprint density at radius 1 is 1.19 bits per heavy atom. The normalized spacial score (nSPS) is 12.7. The molecule has 0 bridgehead atoms. The van der Waals surface area contributed by atoms with Crippen molar-refractivity contribution in [2.45, 2.75) is 4.90 Å². The van der Waals surface area contributed by atoms with Gasteiger partial charge in [0.2, 0.25) is 5.91 Å². The Morgan fingerprint density at radius 2 is 1.96 bits per heavy atom. The van der Waals surface area contributed by atoms with Gasteiger partial charge in [-0.3, -0.25) is 19.7 Å². The minimum atomic E-state index is -0.455. The third kappa shape index (κ3) is 4.31. The molecular weight excluding hydrogens is 356 g/mol. The van der Waals surface area contributed by atoms with E-state index in [9.17, 15) is 19.7 Å². The molecule has 9 heteroatoms. The number of fused-ring (bicyclic) bond motifs is 1. The van der Waals surface area contributed by atoms with Crippen molar-refractivity contribution >= 4 is 40.6 Å². The number of thioether (sulfide) groups is 1. The number of amides is 2. The fraction of sp³-hybridized carbons (Fsp3) is 0.176. The van der Waals surface area contributed by atoms with Gasteiger partial charge >= 0.3 is 0 Å². The quantitative estimate of drug-likeness (QED) is 0.408. The van der Waals surface area contributed by atoms with Gasteiger partial charge in [-0.05, 0) is 30.3 Å². The molecule has 1 heterocycles. The maximum atomic E-state index is 12.2. The van der Waals surface area contributed by atoms with Crippen molar-refractivity contribution in [1.82, 2.24) is 5.32 Å². The van der Waals surface area contributed by atoms with E-state index in [0.29, 0.717) is 30.1 Å². The van der Waals surface area contributed by atoms with Gasteiger partial charge < -0.3 is 16.0 Å². The zero-order valence-electron chi connectivity index (χ0n) is 13.7. The number of nitro benzene ring substituents is 1. The second-order valence-corrected chi connectivity index (χ2v) is 6.55. The number of nitrogens with one attached hydrogen (secondary N) is 3. The van der Waals surface area contributed by atoms with Gasteiger partial charge in [-0.25, -0.2) is 0 Å². The zero-order chi connectivity index (χ0) is 18.5. The van der Waals surface area contributed by atoms with Gasteiger partial charge in [0.05, 0.1) is 16.4 Å². The van der Waals surface area contributed by atoms with Crippen molar-refractivity contribution in [2.24, 2.45) is 0 Å². The van der Waals surface area contributed by atoms with Crippen molar-refractivity contribution in [3.8, 4) is 0 Å². The summed E-state index contributed by atoms with van der Waals surface area (Å²) in [5.74, 6) is 0.0721. The van der Waals surface area contributed by atoms with Gasteiger partial charge in [0.25, 0.3) is 11.6 Å². The summed E-state index contributed by atoms with van der Waals surface area (Å²) in [4.78, 5) is 34.7. The first kappa shape index (κ1) is 17.7. The lowest BCUT2D eigenvalue weighted by molar-refractivity contribution is -0.384. The predicted octanol–water partition coefficient (Wildman–Crippen LogP) is 2.48. The first-order valence-corrected chi connectivity index (χ1v) is 8.85. The predicted molar refractivity (Wildman–Crippen MR) is 99.7 cm³/mol. The van der Waals surface area contributed by atoms with Gasteiger partial charge in [0.15, 0.2) is 0 Å². The fourth-order valence-electron chi connectivity index (χ4n) is 2.41. The number of carbonyl (C=O) groups is 2. The van der Waals surface area contributed by atoms with Crippen LogP contribution in [0, 0.1) is 10.1 Å². The molecule has 0 saturated heterocycles. The van der Waals surface area contributed by atoms with Crippen LogP contribution in [0.2, 0.25) is 0 Å². The highest BCUT2D eigenvalue weighted by molar-refractivity contribution is 8.00. The molecule has 0 unspecified atom stereocenters. The van der Waals surface area contributed by atoms with Gasteiger partial charge in [0, 0.05) is 41.4 Å². The van der Waals surface area contributed by atoms with E-state index in [2.05, 4.69) is 16.0 Å². The van der Waals surface area contributed by atoms with Crippen molar-refractivity contribution in [3.05, 3.63) is 58.1 Å². The molecule has 8 nitrogen and oxygen atoms in total. The highest BCUT2D eigenvalue weighted by Gasteiger charge is 2.17. The van der Waals surface area contributed by atoms with Crippen LogP contribution >= 0.6 is 11.8 Å². The molecular formula is C17H16N4O4S. The average molecular weight is 372 g/mol. The largest absolute Gasteiger partial charge is 0.383 e. The number of nitro groups is 1. The molecule has 2 aromatic carbocycles. The number of benzene rings is 2. The van der Waals surface area contributed by atoms with Crippen LogP contribution in [0.25, 0.3) is 0 Å². The molecule has 3 N–H and O–H groups in total. The Labute approximate surface area is 153 Å². The molecule has 2 aromatic rings. The smallest absolute Gasteiger partial charge is 0.269 e. The Hall–Kier alpha value is -3.07. The number of hydrogen-bond acceptors (Lipinski definition) is 6. The molecule has 0 atom stereocenters. The lowest BCUT2D eigenvalue weighted by Crippen LogP contribution is -2.29. The molecule has 1 aliphatic rings. The third-order valence-electron chi connectivity index (χ3n) is 3.69. The first-order valence-electron chi connectivity index (χ1n) is 7.86. The van der Waals surface area contributed by atoms with E-state index in [4.69, 9.17) is 0 Å². The van der Waals surface area contributed by atoms with Crippen LogP contribution in [0.15, 0.2) is 47.4 Å². The Morgan fingerprint density at radius 3 is 2.69 bits per heavy atom. The summed E-state index contributed by atoms with van der Waals surface area (Å²) in [6, 6.07) is 11.3. The Balaban J connectivity index is 1.49. The standard InChI is InChI=1S/C17H16N4O4S/c22-16-10-26-15-6-1-11(9-14(15)20-16)17(23)19-8-7-18-12-2-4-13(5-3-12)21(24)25/h1-6,9,18H,7-8,10H2,(H,19,23)(H,20,22). The molecule has 0 radical (unpaired) electrons. The number of rotatable bonds is 6. The summed E-state index contributed by atoms with van der Waals surface area (Å²) in [7, 11) is 0. The van der Waals surface area contributed by atoms with Crippen molar-refractivity contribution in [2.75, 3.05) is 29.5 Å². The number of nitrogens with zero attached hydrogens (tertiary/aromatic N) is 1. The first-order chi connectivity index (χ1) is 12.5. The SMILES string of the molecule is O=C1CSc2ccc(C(=O)NCCNc3ccc([N+](=O)[O-])cc3)cc2N1. The van der Waals surface area contributed by atoms with Gasteiger partial charge in [0.1, 0.15) is 0 Å². The molecule has 0 spiro atoms. The average Bonchev–Trinajstić information content (AvgIpc) is 2.64. The maximum Gasteiger partial charge on any atom is 0.269 e. The van der Waals surface area contributed by atoms with Gasteiger partial charge in [-0.1, -0.05) is 0 Å². The number of non-ortho nitro benzene ring substituents is 1. The van der Waals surface area contributed by atoms with Gasteiger partial charge in [-0.2, -0.15) is 0 Å². The Bertz CT molecular complexity index is 854. The summed E-state index contributed by atoms with van der Waals surface area (Å²) in [5.41, 5.74) is 1.89. The summed E-state index contributed by atoms with van der Waals surface area (Å²) in [6.45, 7) is 0.856. The van der Waals surface area contributed by atoms with E-state index in [0.717, 1.165) is 10.6 Å². The zero-order valence-corrected chi connectivity index (χ0v) is 14.5. The maximum absolute atomic E-state index is 12.2. The van der Waals surface area contributed by atoms with E-state index < -0.39 is 4.92 Å². The second-order valence-electron chi connectivity index (χ2n) is 5.53. The van der Waals surface area contributed by atoms with Gasteiger partial charge in [-0.15, -0.1) is 11.8 Å². The van der Waals surface area contributed by atoms with Crippen molar-refractivity contribution < 1.29 is 14.5 Å². The molecule has 134 valence electrons. The molecule has 2 amide bonds. The van der Waals surface area contributed by atoms with E-state index in [1.54, 1.807) is 24.3 Å². The molecule has 3 rings (SSSR count). The molecule has 1 aliphatic heterocycles. The molecule has 26 heavy (non-hydrogen) atoms. The van der Waals surface area contributed by atoms with Crippen LogP contribution in [0.5, 0.6) is 0 Å². The van der Waals surface area contributed by atoms with Crippen molar-refractivity contribution in [1.29, 1.82) is 0 Å². The molecule has 0 fully saturated rings. The van der Waals surface area contributed by atoms with E-state index in [-0.39, 0.29) is 17.5 Å². The number of carbonyl (C=O) groups excluding carboxylic acids is 2. The highest BCUT2D eigenvalue weighted by Crippen LogP contribution is 2.31. The highest BCUT2D eigenvalue weighted by atomic mass is 32.2. The summed E-state index contributed by atoms with van der Waals surface area (Å²) >= 11 is 1.44. The van der Waals surface area contributed by atoms with E-state index in [1.807, 2.05) is 6.07 Å². The minimum absolute atomic E-state index is 0.0292. The summed E-state index contributed by atoms with van der Waals surface area (Å²) in [6.07, 6.45) is 0. The van der Waals surface area contributed by atoms with Crippen molar-refractivity contribution in [3.63, 3.8) is 0 Å². The molecule has 0 aliphatic carbocycles.